The Morgan fingerprint density at radius 2 is 1.88 bits per heavy atom. The van der Waals surface area contributed by atoms with Crippen molar-refractivity contribution in [2.45, 2.75) is 131 Å². The molecule has 0 unspecified atom stereocenters. The monoisotopic (exact) mass is 591 g/mol. The molecule has 226 valence electrons. The number of ketones is 1. The second-order valence-corrected chi connectivity index (χ2v) is 19.5. The number of ether oxygens (including phenoxy) is 1. The Balaban J connectivity index is 2.49. The number of carbonyl (C=O) groups excluding carboxylic acids is 2. The van der Waals surface area contributed by atoms with Crippen molar-refractivity contribution in [3.8, 4) is 0 Å². The molecule has 0 saturated heterocycles. The molecule has 2 heterocycles. The second-order valence-electron chi connectivity index (χ2n) is 13.7. The first-order chi connectivity index (χ1) is 18.4. The molecule has 1 N–H and O–H groups in total. The van der Waals surface area contributed by atoms with Crippen LogP contribution in [0.15, 0.2) is 23.1 Å². The SMILES string of the molecule is C/C(=C\c1csc(C)n1)[C@H]1C/C=C\CCC[C@@H](C)[C@@H](O)[C@@H](C)C(=O)C(C)(C)[C@@H](O[Si](C)(C)C(C)(C)C)CC(=O)O1. The van der Waals surface area contributed by atoms with Gasteiger partial charge in [0.05, 0.1) is 29.3 Å². The Morgan fingerprint density at radius 3 is 2.45 bits per heavy atom. The fourth-order valence-corrected chi connectivity index (χ4v) is 6.91. The summed E-state index contributed by atoms with van der Waals surface area (Å²) in [7, 11) is -2.36. The number of esters is 1. The molecule has 0 aliphatic carbocycles. The minimum atomic E-state index is -2.36. The Bertz CT molecular complexity index is 1070. The van der Waals surface area contributed by atoms with E-state index < -0.39 is 38.0 Å². The van der Waals surface area contributed by atoms with E-state index in [1.165, 1.54) is 0 Å². The molecule has 0 amide bonds. The Kier molecular flexibility index (Phi) is 12.1. The number of hydrogen-bond donors (Lipinski definition) is 1. The lowest BCUT2D eigenvalue weighted by Gasteiger charge is -2.44. The van der Waals surface area contributed by atoms with Crippen LogP contribution in [-0.4, -0.2) is 48.5 Å². The minimum absolute atomic E-state index is 0.0136. The summed E-state index contributed by atoms with van der Waals surface area (Å²) in [5.74, 6) is -1.06. The van der Waals surface area contributed by atoms with Crippen molar-refractivity contribution in [2.24, 2.45) is 17.3 Å². The average molecular weight is 592 g/mol. The summed E-state index contributed by atoms with van der Waals surface area (Å²) < 4.78 is 12.9. The van der Waals surface area contributed by atoms with Crippen molar-refractivity contribution in [3.05, 3.63) is 33.8 Å². The summed E-state index contributed by atoms with van der Waals surface area (Å²) in [5, 5.41) is 14.0. The second kappa shape index (κ2) is 14.0. The number of cyclic esters (lactones) is 1. The molecule has 1 aromatic rings. The van der Waals surface area contributed by atoms with Crippen LogP contribution in [0.2, 0.25) is 18.1 Å². The van der Waals surface area contributed by atoms with E-state index in [0.717, 1.165) is 35.5 Å². The molecule has 1 aromatic heterocycles. The van der Waals surface area contributed by atoms with Gasteiger partial charge in [0, 0.05) is 23.1 Å². The number of aliphatic hydroxyl groups is 1. The first-order valence-electron chi connectivity index (χ1n) is 14.7. The molecule has 8 heteroatoms. The lowest BCUT2D eigenvalue weighted by Crippen LogP contribution is -2.52. The van der Waals surface area contributed by atoms with E-state index in [-0.39, 0.29) is 29.1 Å². The van der Waals surface area contributed by atoms with Crippen LogP contribution >= 0.6 is 11.3 Å². The Hall–Kier alpha value is -1.61. The fraction of sp³-hybridized carbons (Fsp3) is 0.719. The lowest BCUT2D eigenvalue weighted by atomic mass is 9.73. The maximum Gasteiger partial charge on any atom is 0.309 e. The highest BCUT2D eigenvalue weighted by Gasteiger charge is 2.48. The van der Waals surface area contributed by atoms with Gasteiger partial charge < -0.3 is 14.3 Å². The van der Waals surface area contributed by atoms with Crippen LogP contribution < -0.4 is 0 Å². The smallest absolute Gasteiger partial charge is 0.309 e. The van der Waals surface area contributed by atoms with E-state index in [1.807, 2.05) is 46.1 Å². The highest BCUT2D eigenvalue weighted by molar-refractivity contribution is 7.09. The van der Waals surface area contributed by atoms with Crippen molar-refractivity contribution < 1.29 is 23.9 Å². The number of aliphatic hydroxyl groups excluding tert-OH is 1. The molecule has 2 rings (SSSR count). The van der Waals surface area contributed by atoms with Crippen LogP contribution in [0.1, 0.15) is 98.2 Å². The molecule has 0 fully saturated rings. The molecule has 0 radical (unpaired) electrons. The van der Waals surface area contributed by atoms with E-state index >= 15 is 0 Å². The normalized spacial score (nSPS) is 29.2. The number of allylic oxidation sites excluding steroid dienone is 1. The predicted octanol–water partition coefficient (Wildman–Crippen LogP) is 7.91. The van der Waals surface area contributed by atoms with Gasteiger partial charge in [0.2, 0.25) is 0 Å². The molecule has 1 aliphatic rings. The number of hydrogen-bond acceptors (Lipinski definition) is 7. The van der Waals surface area contributed by atoms with Crippen LogP contribution in [0, 0.1) is 24.2 Å². The van der Waals surface area contributed by atoms with Gasteiger partial charge in [-0.1, -0.05) is 60.6 Å². The van der Waals surface area contributed by atoms with Gasteiger partial charge >= 0.3 is 5.97 Å². The van der Waals surface area contributed by atoms with E-state index in [9.17, 15) is 14.7 Å². The molecule has 0 bridgehead atoms. The summed E-state index contributed by atoms with van der Waals surface area (Å²) in [4.78, 5) is 32.1. The molecule has 0 aromatic carbocycles. The van der Waals surface area contributed by atoms with Crippen LogP contribution in [-0.2, 0) is 18.8 Å². The van der Waals surface area contributed by atoms with Crippen LogP contribution in [0.4, 0.5) is 0 Å². The summed E-state index contributed by atoms with van der Waals surface area (Å²) >= 11 is 1.59. The van der Waals surface area contributed by atoms with Gasteiger partial charge in [-0.2, -0.15) is 0 Å². The maximum absolute atomic E-state index is 13.9. The van der Waals surface area contributed by atoms with Gasteiger partial charge in [0.15, 0.2) is 8.32 Å². The summed E-state index contributed by atoms with van der Waals surface area (Å²) in [6, 6.07) is 0. The average Bonchev–Trinajstić information content (AvgIpc) is 3.25. The first-order valence-corrected chi connectivity index (χ1v) is 18.5. The molecular weight excluding hydrogens is 539 g/mol. The third-order valence-corrected chi connectivity index (χ3v) is 14.2. The van der Waals surface area contributed by atoms with Gasteiger partial charge in [-0.25, -0.2) is 4.98 Å². The topological polar surface area (TPSA) is 85.7 Å². The highest BCUT2D eigenvalue weighted by Crippen LogP contribution is 2.42. The molecule has 1 aliphatic heterocycles. The Morgan fingerprint density at radius 1 is 1.23 bits per heavy atom. The van der Waals surface area contributed by atoms with E-state index in [0.29, 0.717) is 6.42 Å². The quantitative estimate of drug-likeness (QED) is 0.218. The summed E-state index contributed by atoms with van der Waals surface area (Å²) in [6.07, 6.45) is 7.43. The van der Waals surface area contributed by atoms with Gasteiger partial charge in [0.1, 0.15) is 11.9 Å². The van der Waals surface area contributed by atoms with Crippen molar-refractivity contribution >= 4 is 37.5 Å². The molecule has 6 nitrogen and oxygen atoms in total. The first kappa shape index (κ1) is 34.6. The van der Waals surface area contributed by atoms with Crippen molar-refractivity contribution in [1.82, 2.24) is 4.98 Å². The van der Waals surface area contributed by atoms with Gasteiger partial charge in [0.25, 0.3) is 0 Å². The van der Waals surface area contributed by atoms with E-state index in [2.05, 4.69) is 51.0 Å². The van der Waals surface area contributed by atoms with Crippen molar-refractivity contribution in [1.29, 1.82) is 0 Å². The number of thiazole rings is 1. The van der Waals surface area contributed by atoms with E-state index in [1.54, 1.807) is 18.3 Å². The van der Waals surface area contributed by atoms with Gasteiger partial charge in [-0.05, 0) is 68.8 Å². The van der Waals surface area contributed by atoms with Crippen LogP contribution in [0.3, 0.4) is 0 Å². The van der Waals surface area contributed by atoms with Gasteiger partial charge in [-0.3, -0.25) is 9.59 Å². The zero-order valence-corrected chi connectivity index (χ0v) is 28.5. The number of rotatable bonds is 4. The third kappa shape index (κ3) is 9.20. The molecule has 0 spiro atoms. The minimum Gasteiger partial charge on any atom is -0.457 e. The number of carbonyl (C=O) groups is 2. The maximum atomic E-state index is 13.9. The standard InChI is InChI=1S/C32H53NO5SSi/c1-21-16-14-12-13-15-17-26(22(2)18-25-20-39-24(4)33-25)37-28(34)19-27(38-40(10,11)31(5,6)7)32(8,9)30(36)23(3)29(21)35/h13,15,18,20-21,23,26-27,29,35H,12,14,16-17,19H2,1-11H3/b15-13-,22-18+/t21-,23-,26-,27+,29-/m1/s1. The molecule has 40 heavy (non-hydrogen) atoms. The van der Waals surface area contributed by atoms with Gasteiger partial charge in [-0.15, -0.1) is 11.3 Å². The van der Waals surface area contributed by atoms with Crippen LogP contribution in [0.5, 0.6) is 0 Å². The fourth-order valence-electron chi connectivity index (χ4n) is 4.89. The number of aromatic nitrogens is 1. The summed E-state index contributed by atoms with van der Waals surface area (Å²) in [6.45, 7) is 22.2. The zero-order chi connectivity index (χ0) is 30.5. The predicted molar refractivity (Wildman–Crippen MR) is 168 cm³/mol. The largest absolute Gasteiger partial charge is 0.457 e. The highest BCUT2D eigenvalue weighted by atomic mass is 32.1. The zero-order valence-electron chi connectivity index (χ0n) is 26.7. The Labute approximate surface area is 247 Å². The van der Waals surface area contributed by atoms with Crippen LogP contribution in [0.25, 0.3) is 6.08 Å². The molecule has 0 saturated carbocycles. The number of Topliss-reactive ketones (excluding diaryl/α,β-unsaturated/α-hetero) is 1. The van der Waals surface area contributed by atoms with E-state index in [4.69, 9.17) is 9.16 Å². The molecule has 5 atom stereocenters. The summed E-state index contributed by atoms with van der Waals surface area (Å²) in [5.41, 5.74) is 0.788. The van der Waals surface area contributed by atoms with Crippen molar-refractivity contribution in [2.75, 3.05) is 0 Å². The molecular formula is C32H53NO5SSi. The lowest BCUT2D eigenvalue weighted by molar-refractivity contribution is -0.153. The number of nitrogens with zero attached hydrogens (tertiary/aromatic N) is 1. The third-order valence-electron chi connectivity index (χ3n) is 8.88. The number of aryl methyl sites for hydroxylation is 1. The van der Waals surface area contributed by atoms with Crippen molar-refractivity contribution in [3.63, 3.8) is 0 Å².